The van der Waals surface area contributed by atoms with Crippen LogP contribution in [0.1, 0.15) is 0 Å². The molecule has 0 spiro atoms. The largest absolute Gasteiger partial charge is 0.324 e. The second-order valence-corrected chi connectivity index (χ2v) is 5.74. The molecule has 9 heteroatoms. The van der Waals surface area contributed by atoms with Crippen molar-refractivity contribution in [1.29, 1.82) is 0 Å². The van der Waals surface area contributed by atoms with Crippen molar-refractivity contribution < 1.29 is 8.42 Å². The lowest BCUT2D eigenvalue weighted by molar-refractivity contribution is 0.598. The number of thiazole rings is 1. The molecule has 0 aliphatic heterocycles. The minimum absolute atomic E-state index is 0.0593. The molecule has 0 unspecified atom stereocenters. The van der Waals surface area contributed by atoms with Crippen molar-refractivity contribution in [3.63, 3.8) is 0 Å². The van der Waals surface area contributed by atoms with Gasteiger partial charge >= 0.3 is 0 Å². The minimum Gasteiger partial charge on any atom is -0.324 e. The van der Waals surface area contributed by atoms with Crippen LogP contribution in [0.3, 0.4) is 0 Å². The van der Waals surface area contributed by atoms with Crippen LogP contribution in [-0.4, -0.2) is 23.0 Å². The molecule has 0 aromatic carbocycles. The number of aromatic nitrogens is 3. The predicted octanol–water partition coefficient (Wildman–Crippen LogP) is 1.33. The third-order valence-electron chi connectivity index (χ3n) is 1.74. The van der Waals surface area contributed by atoms with E-state index in [0.29, 0.717) is 0 Å². The highest BCUT2D eigenvalue weighted by molar-refractivity contribution is 7.93. The number of sulfonamides is 1. The standard InChI is InChI=1S/C7H7ClN4O2S2/c1-12-4-10-6(5(12)8)16(13,14)11-7-9-2-3-15-7/h2-4H,1H3,(H,9,11). The van der Waals surface area contributed by atoms with E-state index in [4.69, 9.17) is 11.6 Å². The molecule has 16 heavy (non-hydrogen) atoms. The van der Waals surface area contributed by atoms with Crippen LogP contribution in [0.2, 0.25) is 5.15 Å². The zero-order chi connectivity index (χ0) is 11.8. The smallest absolute Gasteiger partial charge is 0.284 e. The van der Waals surface area contributed by atoms with Gasteiger partial charge in [-0.25, -0.2) is 9.97 Å². The van der Waals surface area contributed by atoms with Crippen molar-refractivity contribution in [2.75, 3.05) is 4.72 Å². The van der Waals surface area contributed by atoms with Crippen LogP contribution >= 0.6 is 22.9 Å². The van der Waals surface area contributed by atoms with Gasteiger partial charge in [0.15, 0.2) is 5.13 Å². The maximum Gasteiger partial charge on any atom is 0.284 e. The van der Waals surface area contributed by atoms with Crippen LogP contribution in [0.5, 0.6) is 0 Å². The van der Waals surface area contributed by atoms with E-state index in [1.807, 2.05) is 0 Å². The molecule has 0 saturated heterocycles. The normalized spacial score (nSPS) is 11.6. The van der Waals surface area contributed by atoms with Crippen LogP contribution in [0.4, 0.5) is 5.13 Å². The molecule has 0 amide bonds. The van der Waals surface area contributed by atoms with Crippen LogP contribution < -0.4 is 4.72 Å². The topological polar surface area (TPSA) is 76.9 Å². The Labute approximate surface area is 101 Å². The number of nitrogens with one attached hydrogen (secondary N) is 1. The van der Waals surface area contributed by atoms with Crippen molar-refractivity contribution >= 4 is 38.1 Å². The minimum atomic E-state index is -3.76. The summed E-state index contributed by atoms with van der Waals surface area (Å²) >= 11 is 6.98. The highest BCUT2D eigenvalue weighted by atomic mass is 35.5. The van der Waals surface area contributed by atoms with Gasteiger partial charge in [-0.2, -0.15) is 8.42 Å². The number of anilines is 1. The predicted molar refractivity (Wildman–Crippen MR) is 61.1 cm³/mol. The number of nitrogens with zero attached hydrogens (tertiary/aromatic N) is 3. The van der Waals surface area contributed by atoms with Gasteiger partial charge < -0.3 is 4.57 Å². The van der Waals surface area contributed by atoms with Crippen molar-refractivity contribution in [2.45, 2.75) is 5.03 Å². The van der Waals surface area contributed by atoms with E-state index in [1.165, 1.54) is 28.4 Å². The average molecular weight is 279 g/mol. The molecular weight excluding hydrogens is 272 g/mol. The maximum atomic E-state index is 11.8. The van der Waals surface area contributed by atoms with Crippen LogP contribution in [0.15, 0.2) is 22.9 Å². The van der Waals surface area contributed by atoms with Gasteiger partial charge in [-0.1, -0.05) is 11.6 Å². The molecule has 6 nitrogen and oxygen atoms in total. The Balaban J connectivity index is 2.36. The highest BCUT2D eigenvalue weighted by Gasteiger charge is 2.23. The molecule has 0 radical (unpaired) electrons. The van der Waals surface area contributed by atoms with E-state index in [9.17, 15) is 8.42 Å². The zero-order valence-corrected chi connectivity index (χ0v) is 10.5. The molecule has 1 N–H and O–H groups in total. The van der Waals surface area contributed by atoms with E-state index >= 15 is 0 Å². The Bertz CT molecular complexity index is 590. The molecule has 2 aromatic heterocycles. The van der Waals surface area contributed by atoms with Gasteiger partial charge in [-0.15, -0.1) is 11.3 Å². The lowest BCUT2D eigenvalue weighted by Gasteiger charge is -2.02. The molecule has 0 aliphatic rings. The summed E-state index contributed by atoms with van der Waals surface area (Å²) < 4.78 is 27.4. The van der Waals surface area contributed by atoms with E-state index in [0.717, 1.165) is 0 Å². The Morgan fingerprint density at radius 2 is 2.25 bits per heavy atom. The average Bonchev–Trinajstić information content (AvgIpc) is 2.78. The first-order valence-electron chi connectivity index (χ1n) is 4.10. The number of halogens is 1. The van der Waals surface area contributed by atoms with Crippen molar-refractivity contribution in [1.82, 2.24) is 14.5 Å². The van der Waals surface area contributed by atoms with Gasteiger partial charge in [0, 0.05) is 18.6 Å². The summed E-state index contributed by atoms with van der Waals surface area (Å²) in [6.45, 7) is 0. The molecule has 0 aliphatic carbocycles. The monoisotopic (exact) mass is 278 g/mol. The molecular formula is C7H7ClN4O2S2. The number of hydrogen-bond acceptors (Lipinski definition) is 5. The van der Waals surface area contributed by atoms with Gasteiger partial charge in [0.2, 0.25) is 5.03 Å². The first kappa shape index (κ1) is 11.4. The molecule has 2 aromatic rings. The number of imidazole rings is 1. The lowest BCUT2D eigenvalue weighted by atomic mass is 10.9. The second-order valence-electron chi connectivity index (χ2n) is 2.89. The highest BCUT2D eigenvalue weighted by Crippen LogP contribution is 2.22. The third-order valence-corrected chi connectivity index (χ3v) is 4.39. The van der Waals surface area contributed by atoms with E-state index < -0.39 is 10.0 Å². The molecule has 0 atom stereocenters. The number of aryl methyl sites for hydroxylation is 1. The Morgan fingerprint density at radius 3 is 2.75 bits per heavy atom. The van der Waals surface area contributed by atoms with Crippen molar-refractivity contribution in [2.24, 2.45) is 7.05 Å². The molecule has 2 heterocycles. The van der Waals surface area contributed by atoms with Gasteiger partial charge in [0.1, 0.15) is 5.15 Å². The van der Waals surface area contributed by atoms with Crippen molar-refractivity contribution in [3.05, 3.63) is 23.1 Å². The molecule has 0 bridgehead atoms. The molecule has 0 fully saturated rings. The van der Waals surface area contributed by atoms with E-state index in [2.05, 4.69) is 14.7 Å². The van der Waals surface area contributed by atoms with Gasteiger partial charge in [0.05, 0.1) is 6.33 Å². The summed E-state index contributed by atoms with van der Waals surface area (Å²) in [6.07, 6.45) is 2.83. The summed E-state index contributed by atoms with van der Waals surface area (Å²) in [4.78, 5) is 7.54. The fourth-order valence-electron chi connectivity index (χ4n) is 1.01. The Morgan fingerprint density at radius 1 is 1.50 bits per heavy atom. The first-order chi connectivity index (χ1) is 7.50. The number of rotatable bonds is 3. The molecule has 0 saturated carbocycles. The maximum absolute atomic E-state index is 11.8. The second kappa shape index (κ2) is 4.04. The zero-order valence-electron chi connectivity index (χ0n) is 8.08. The van der Waals surface area contributed by atoms with Crippen LogP contribution in [-0.2, 0) is 17.1 Å². The van der Waals surface area contributed by atoms with Gasteiger partial charge in [0.25, 0.3) is 10.0 Å². The SMILES string of the molecule is Cn1cnc(S(=O)(=O)Nc2nccs2)c1Cl. The first-order valence-corrected chi connectivity index (χ1v) is 6.84. The fourth-order valence-corrected chi connectivity index (χ4v) is 3.23. The summed E-state index contributed by atoms with van der Waals surface area (Å²) in [5.74, 6) is 0. The van der Waals surface area contributed by atoms with Gasteiger partial charge in [-0.3, -0.25) is 4.72 Å². The molecule has 2 rings (SSSR count). The van der Waals surface area contributed by atoms with E-state index in [1.54, 1.807) is 12.4 Å². The quantitative estimate of drug-likeness (QED) is 0.919. The van der Waals surface area contributed by atoms with Crippen LogP contribution in [0.25, 0.3) is 0 Å². The van der Waals surface area contributed by atoms with Gasteiger partial charge in [-0.05, 0) is 0 Å². The summed E-state index contributed by atoms with van der Waals surface area (Å²) in [5, 5.41) is 1.80. The Hall–Kier alpha value is -1.12. The van der Waals surface area contributed by atoms with Crippen LogP contribution in [0, 0.1) is 0 Å². The lowest BCUT2D eigenvalue weighted by Crippen LogP contribution is -2.13. The van der Waals surface area contributed by atoms with E-state index in [-0.39, 0.29) is 15.3 Å². The number of hydrogen-bond donors (Lipinski definition) is 1. The Kier molecular flexibility index (Phi) is 2.87. The fraction of sp³-hybridized carbons (Fsp3) is 0.143. The summed E-state index contributed by atoms with van der Waals surface area (Å²) in [7, 11) is -2.15. The van der Waals surface area contributed by atoms with Crippen molar-refractivity contribution in [3.8, 4) is 0 Å². The third kappa shape index (κ3) is 2.04. The summed E-state index contributed by atoms with van der Waals surface area (Å²) in [6, 6.07) is 0. The summed E-state index contributed by atoms with van der Waals surface area (Å²) in [5.41, 5.74) is 0. The molecule has 86 valence electrons.